The Morgan fingerprint density at radius 2 is 1.97 bits per heavy atom. The van der Waals surface area contributed by atoms with Crippen LogP contribution in [0.4, 0.5) is 4.39 Å². The van der Waals surface area contributed by atoms with E-state index in [1.54, 1.807) is 19.1 Å². The standard InChI is InChI=1S/C23H34FNO4S/c1-17(26)14-25-11-3-2-4-12-30(27,28)16-21(19-7-8-19)20-9-10-22(24)23(13-20)29-15-18-5-6-18/h9-10,13,18-19,21,25H,2-8,11-12,14-16H2,1H3. The molecular formula is C23H34FNO4S. The van der Waals surface area contributed by atoms with E-state index in [9.17, 15) is 17.6 Å². The van der Waals surface area contributed by atoms with Gasteiger partial charge in [-0.15, -0.1) is 0 Å². The molecule has 0 amide bonds. The number of sulfone groups is 1. The number of nitrogens with one attached hydrogen (secondary N) is 1. The number of halogens is 1. The minimum atomic E-state index is -3.19. The molecule has 0 aliphatic heterocycles. The third-order valence-electron chi connectivity index (χ3n) is 5.86. The van der Waals surface area contributed by atoms with Gasteiger partial charge in [0.15, 0.2) is 21.4 Å². The van der Waals surface area contributed by atoms with Gasteiger partial charge in [-0.25, -0.2) is 12.8 Å². The number of benzene rings is 1. The lowest BCUT2D eigenvalue weighted by Crippen LogP contribution is -2.22. The molecule has 2 aliphatic carbocycles. The predicted molar refractivity (Wildman–Crippen MR) is 116 cm³/mol. The van der Waals surface area contributed by atoms with Crippen molar-refractivity contribution in [2.45, 2.75) is 57.8 Å². The fourth-order valence-electron chi connectivity index (χ4n) is 3.73. The lowest BCUT2D eigenvalue weighted by Gasteiger charge is -2.18. The maximum absolute atomic E-state index is 14.1. The fraction of sp³-hybridized carbons (Fsp3) is 0.696. The van der Waals surface area contributed by atoms with Crippen LogP contribution in [0, 0.1) is 17.7 Å². The van der Waals surface area contributed by atoms with E-state index in [0.29, 0.717) is 31.4 Å². The molecule has 1 atom stereocenters. The number of hydrogen-bond acceptors (Lipinski definition) is 5. The van der Waals surface area contributed by atoms with Crippen molar-refractivity contribution in [1.29, 1.82) is 0 Å². The smallest absolute Gasteiger partial charge is 0.165 e. The van der Waals surface area contributed by atoms with Gasteiger partial charge in [-0.1, -0.05) is 12.5 Å². The summed E-state index contributed by atoms with van der Waals surface area (Å²) in [6.07, 6.45) is 6.62. The normalized spacial score (nSPS) is 17.7. The maximum Gasteiger partial charge on any atom is 0.165 e. The van der Waals surface area contributed by atoms with Gasteiger partial charge in [0, 0.05) is 5.92 Å². The Balaban J connectivity index is 1.50. The SMILES string of the molecule is CC(=O)CNCCCCCS(=O)(=O)CC(c1ccc(F)c(OCC2CC2)c1)C1CC1. The molecule has 1 unspecified atom stereocenters. The average molecular weight is 440 g/mol. The first kappa shape index (κ1) is 23.2. The molecule has 0 heterocycles. The summed E-state index contributed by atoms with van der Waals surface area (Å²) >= 11 is 0. The molecule has 2 saturated carbocycles. The second-order valence-electron chi connectivity index (χ2n) is 8.94. The van der Waals surface area contributed by atoms with Crippen LogP contribution in [0.1, 0.15) is 63.4 Å². The van der Waals surface area contributed by atoms with Crippen molar-refractivity contribution in [2.75, 3.05) is 31.2 Å². The Morgan fingerprint density at radius 3 is 2.63 bits per heavy atom. The van der Waals surface area contributed by atoms with E-state index in [1.165, 1.54) is 6.07 Å². The summed E-state index contributed by atoms with van der Waals surface area (Å²) in [6.45, 7) is 3.17. The second-order valence-corrected chi connectivity index (χ2v) is 11.2. The number of rotatable bonds is 15. The summed E-state index contributed by atoms with van der Waals surface area (Å²) < 4.78 is 45.3. The summed E-state index contributed by atoms with van der Waals surface area (Å²) in [5, 5.41) is 3.05. The number of Topliss-reactive ketones (excluding diaryl/α,β-unsaturated/α-hetero) is 1. The molecule has 5 nitrogen and oxygen atoms in total. The molecule has 1 N–H and O–H groups in total. The number of carbonyl (C=O) groups excluding carboxylic acids is 1. The van der Waals surface area contributed by atoms with E-state index in [4.69, 9.17) is 4.74 Å². The molecule has 1 aromatic carbocycles. The van der Waals surface area contributed by atoms with E-state index in [2.05, 4.69) is 5.32 Å². The first-order chi connectivity index (χ1) is 14.3. The molecule has 168 valence electrons. The molecular weight excluding hydrogens is 405 g/mol. The first-order valence-electron chi connectivity index (χ1n) is 11.2. The Hall–Kier alpha value is -1.47. The summed E-state index contributed by atoms with van der Waals surface area (Å²) in [4.78, 5) is 10.9. The van der Waals surface area contributed by atoms with Crippen molar-refractivity contribution < 1.29 is 22.3 Å². The molecule has 2 fully saturated rings. The highest BCUT2D eigenvalue weighted by atomic mass is 32.2. The third kappa shape index (κ3) is 7.99. The third-order valence-corrected chi connectivity index (χ3v) is 7.64. The van der Waals surface area contributed by atoms with Gasteiger partial charge in [0.2, 0.25) is 0 Å². The Kier molecular flexibility index (Phi) is 8.28. The first-order valence-corrected chi connectivity index (χ1v) is 13.0. The van der Waals surface area contributed by atoms with Crippen molar-refractivity contribution in [2.24, 2.45) is 11.8 Å². The Labute approximate surface area is 179 Å². The molecule has 1 aromatic rings. The van der Waals surface area contributed by atoms with E-state index in [1.807, 2.05) is 0 Å². The van der Waals surface area contributed by atoms with Gasteiger partial charge in [0.05, 0.1) is 24.7 Å². The fourth-order valence-corrected chi connectivity index (χ4v) is 5.55. The van der Waals surface area contributed by atoms with Crippen LogP contribution in [0.25, 0.3) is 0 Å². The highest BCUT2D eigenvalue weighted by molar-refractivity contribution is 7.91. The quantitative estimate of drug-likeness (QED) is 0.420. The molecule has 0 saturated heterocycles. The van der Waals surface area contributed by atoms with Gasteiger partial charge in [0.1, 0.15) is 5.78 Å². The Bertz CT molecular complexity index is 818. The number of ketones is 1. The van der Waals surface area contributed by atoms with Crippen LogP contribution in [-0.4, -0.2) is 45.4 Å². The van der Waals surface area contributed by atoms with Gasteiger partial charge in [-0.05, 0) is 81.5 Å². The zero-order valence-electron chi connectivity index (χ0n) is 17.9. The van der Waals surface area contributed by atoms with Gasteiger partial charge in [0.25, 0.3) is 0 Å². The zero-order chi connectivity index (χ0) is 21.6. The molecule has 0 radical (unpaired) electrons. The van der Waals surface area contributed by atoms with Crippen LogP contribution in [0.3, 0.4) is 0 Å². The molecule has 0 aromatic heterocycles. The average Bonchev–Trinajstić information content (AvgIpc) is 3.59. The van der Waals surface area contributed by atoms with Gasteiger partial charge in [-0.2, -0.15) is 0 Å². The van der Waals surface area contributed by atoms with E-state index >= 15 is 0 Å². The van der Waals surface area contributed by atoms with Crippen molar-refractivity contribution >= 4 is 15.6 Å². The van der Waals surface area contributed by atoms with Crippen molar-refractivity contribution in [3.05, 3.63) is 29.6 Å². The largest absolute Gasteiger partial charge is 0.490 e. The second kappa shape index (κ2) is 10.7. The minimum Gasteiger partial charge on any atom is -0.490 e. The van der Waals surface area contributed by atoms with Crippen LogP contribution in [0.2, 0.25) is 0 Å². The van der Waals surface area contributed by atoms with Crippen LogP contribution < -0.4 is 10.1 Å². The van der Waals surface area contributed by atoms with Gasteiger partial charge >= 0.3 is 0 Å². The summed E-state index contributed by atoms with van der Waals surface area (Å²) in [5.41, 5.74) is 0.877. The molecule has 2 aliphatic rings. The number of hydrogen-bond donors (Lipinski definition) is 1. The summed E-state index contributed by atoms with van der Waals surface area (Å²) in [7, 11) is -3.19. The topological polar surface area (TPSA) is 72.5 Å². The van der Waals surface area contributed by atoms with E-state index < -0.39 is 9.84 Å². The molecule has 3 rings (SSSR count). The van der Waals surface area contributed by atoms with Crippen LogP contribution in [-0.2, 0) is 14.6 Å². The number of carbonyl (C=O) groups is 1. The molecule has 7 heteroatoms. The molecule has 0 bridgehead atoms. The lowest BCUT2D eigenvalue weighted by atomic mass is 9.96. The maximum atomic E-state index is 14.1. The van der Waals surface area contributed by atoms with Crippen molar-refractivity contribution in [3.63, 3.8) is 0 Å². The summed E-state index contributed by atoms with van der Waals surface area (Å²) in [5.74, 6) is 1.07. The van der Waals surface area contributed by atoms with Crippen LogP contribution >= 0.6 is 0 Å². The number of unbranched alkanes of at least 4 members (excludes halogenated alkanes) is 2. The van der Waals surface area contributed by atoms with Crippen LogP contribution in [0.5, 0.6) is 5.75 Å². The minimum absolute atomic E-state index is 0.0869. The number of ether oxygens (including phenoxy) is 1. The van der Waals surface area contributed by atoms with E-state index in [0.717, 1.165) is 50.6 Å². The van der Waals surface area contributed by atoms with E-state index in [-0.39, 0.29) is 34.8 Å². The highest BCUT2D eigenvalue weighted by Crippen LogP contribution is 2.44. The molecule has 0 spiro atoms. The van der Waals surface area contributed by atoms with Crippen molar-refractivity contribution in [3.8, 4) is 5.75 Å². The van der Waals surface area contributed by atoms with Crippen LogP contribution in [0.15, 0.2) is 18.2 Å². The lowest BCUT2D eigenvalue weighted by molar-refractivity contribution is -0.116. The highest BCUT2D eigenvalue weighted by Gasteiger charge is 2.35. The van der Waals surface area contributed by atoms with Gasteiger partial charge in [-0.3, -0.25) is 4.79 Å². The summed E-state index contributed by atoms with van der Waals surface area (Å²) in [6, 6.07) is 4.85. The monoisotopic (exact) mass is 439 g/mol. The Morgan fingerprint density at radius 1 is 1.20 bits per heavy atom. The zero-order valence-corrected chi connectivity index (χ0v) is 18.7. The predicted octanol–water partition coefficient (Wildman–Crippen LogP) is 3.87. The van der Waals surface area contributed by atoms with Gasteiger partial charge < -0.3 is 10.1 Å². The molecule has 30 heavy (non-hydrogen) atoms. The van der Waals surface area contributed by atoms with Crippen molar-refractivity contribution in [1.82, 2.24) is 5.32 Å².